The number of rotatable bonds is 4. The van der Waals surface area contributed by atoms with Gasteiger partial charge in [0.2, 0.25) is 5.69 Å². The number of pyridine rings is 1. The van der Waals surface area contributed by atoms with Gasteiger partial charge in [0.25, 0.3) is 0 Å². The Morgan fingerprint density at radius 1 is 0.765 bits per heavy atom. The largest absolute Gasteiger partial charge is 0.213 e. The lowest BCUT2D eigenvalue weighted by Crippen LogP contribution is -2.32. The van der Waals surface area contributed by atoms with Crippen LogP contribution >= 0.6 is 0 Å². The summed E-state index contributed by atoms with van der Waals surface area (Å²) >= 11 is 0. The van der Waals surface area contributed by atoms with Crippen LogP contribution in [0.15, 0.2) is 72.9 Å². The lowest BCUT2D eigenvalue weighted by molar-refractivity contribution is -0.660. The Hall–Kier alpha value is -2.93. The molecule has 0 N–H and O–H groups in total. The van der Waals surface area contributed by atoms with Crippen LogP contribution in [0.3, 0.4) is 0 Å². The fraction of sp³-hybridized carbons (Fsp3) is 0.364. The van der Waals surface area contributed by atoms with Crippen LogP contribution in [0.4, 0.5) is 0 Å². The number of hydrogen-bond acceptors (Lipinski definition) is 0. The second-order valence-electron chi connectivity index (χ2n) is 11.3. The highest BCUT2D eigenvalue weighted by Crippen LogP contribution is 2.51. The minimum Gasteiger partial charge on any atom is -0.201 e. The zero-order valence-electron chi connectivity index (χ0n) is 21.0. The Labute approximate surface area is 204 Å². The van der Waals surface area contributed by atoms with Crippen molar-refractivity contribution in [2.75, 3.05) is 0 Å². The minimum absolute atomic E-state index is 0.461. The number of benzene rings is 3. The van der Waals surface area contributed by atoms with E-state index in [-0.39, 0.29) is 0 Å². The summed E-state index contributed by atoms with van der Waals surface area (Å²) in [4.78, 5) is 0. The summed E-state index contributed by atoms with van der Waals surface area (Å²) in [6.07, 6.45) is 8.13. The molecule has 3 fully saturated rings. The average Bonchev–Trinajstić information content (AvgIpc) is 2.83. The molecule has 0 unspecified atom stereocenters. The molecule has 34 heavy (non-hydrogen) atoms. The van der Waals surface area contributed by atoms with E-state index in [1.807, 2.05) is 0 Å². The van der Waals surface area contributed by atoms with Crippen LogP contribution in [0.25, 0.3) is 33.2 Å². The molecule has 2 bridgehead atoms. The number of fused-ring (bicyclic) bond motifs is 3. The third-order valence-corrected chi connectivity index (χ3v) is 8.56. The maximum absolute atomic E-state index is 2.47. The van der Waals surface area contributed by atoms with Crippen LogP contribution in [0, 0.1) is 18.8 Å². The summed E-state index contributed by atoms with van der Waals surface area (Å²) in [6.45, 7) is 6.80. The van der Waals surface area contributed by atoms with Gasteiger partial charge in [-0.1, -0.05) is 62.4 Å². The van der Waals surface area contributed by atoms with Crippen LogP contribution in [0.5, 0.6) is 0 Å². The van der Waals surface area contributed by atoms with Crippen molar-refractivity contribution in [2.45, 2.75) is 58.3 Å². The maximum atomic E-state index is 2.47. The molecule has 0 amide bonds. The molecule has 1 heteroatoms. The Morgan fingerprint density at radius 2 is 1.47 bits per heavy atom. The van der Waals surface area contributed by atoms with Gasteiger partial charge in [0.1, 0.15) is 7.05 Å². The molecule has 3 aliphatic carbocycles. The minimum atomic E-state index is 0.461. The van der Waals surface area contributed by atoms with Gasteiger partial charge >= 0.3 is 0 Å². The van der Waals surface area contributed by atoms with Crippen molar-refractivity contribution in [1.82, 2.24) is 0 Å². The molecule has 3 saturated carbocycles. The topological polar surface area (TPSA) is 3.88 Å². The SMILES string of the molecule is Cc1ccccc1-c1cc(-c2ccc3cc(C4CC5CC(C5)C4)ccc3c2)c(C(C)C)c[n+]1C. The van der Waals surface area contributed by atoms with Crippen molar-refractivity contribution in [3.8, 4) is 22.4 Å². The molecule has 3 aliphatic rings. The summed E-state index contributed by atoms with van der Waals surface area (Å²) in [5.74, 6) is 3.24. The van der Waals surface area contributed by atoms with Gasteiger partial charge in [-0.15, -0.1) is 0 Å². The van der Waals surface area contributed by atoms with E-state index >= 15 is 0 Å². The van der Waals surface area contributed by atoms with E-state index in [1.54, 1.807) is 5.56 Å². The molecule has 4 aromatic rings. The van der Waals surface area contributed by atoms with Gasteiger partial charge in [-0.05, 0) is 101 Å². The summed E-state index contributed by atoms with van der Waals surface area (Å²) in [7, 11) is 2.18. The summed E-state index contributed by atoms with van der Waals surface area (Å²) in [5, 5.41) is 2.73. The van der Waals surface area contributed by atoms with E-state index in [4.69, 9.17) is 0 Å². The lowest BCUT2D eigenvalue weighted by Gasteiger charge is -2.45. The summed E-state index contributed by atoms with van der Waals surface area (Å²) in [6, 6.07) is 25.5. The van der Waals surface area contributed by atoms with E-state index in [0.29, 0.717) is 5.92 Å². The molecule has 3 aromatic carbocycles. The van der Waals surface area contributed by atoms with Crippen molar-refractivity contribution in [3.05, 3.63) is 89.6 Å². The van der Waals surface area contributed by atoms with Crippen molar-refractivity contribution >= 4 is 10.8 Å². The van der Waals surface area contributed by atoms with E-state index < -0.39 is 0 Å². The van der Waals surface area contributed by atoms with E-state index in [1.165, 1.54) is 70.0 Å². The molecular formula is C33H36N+. The molecule has 0 aliphatic heterocycles. The molecule has 1 aromatic heterocycles. The molecule has 172 valence electrons. The smallest absolute Gasteiger partial charge is 0.201 e. The highest BCUT2D eigenvalue weighted by Gasteiger charge is 2.38. The first kappa shape index (κ1) is 21.6. The highest BCUT2D eigenvalue weighted by molar-refractivity contribution is 5.89. The average molecular weight is 447 g/mol. The second kappa shape index (κ2) is 8.38. The third kappa shape index (κ3) is 3.76. The number of hydrogen-bond donors (Lipinski definition) is 0. The van der Waals surface area contributed by atoms with Gasteiger partial charge < -0.3 is 0 Å². The zero-order valence-corrected chi connectivity index (χ0v) is 21.0. The first-order chi connectivity index (χ1) is 16.5. The molecule has 7 rings (SSSR count). The molecule has 0 radical (unpaired) electrons. The lowest BCUT2D eigenvalue weighted by atomic mass is 9.60. The van der Waals surface area contributed by atoms with Crippen LogP contribution in [0.1, 0.15) is 68.1 Å². The predicted octanol–water partition coefficient (Wildman–Crippen LogP) is 8.33. The van der Waals surface area contributed by atoms with Crippen molar-refractivity contribution in [3.63, 3.8) is 0 Å². The van der Waals surface area contributed by atoms with Gasteiger partial charge in [0.15, 0.2) is 6.20 Å². The van der Waals surface area contributed by atoms with E-state index in [2.05, 4.69) is 105 Å². The first-order valence-corrected chi connectivity index (χ1v) is 13.1. The fourth-order valence-electron chi connectivity index (χ4n) is 6.63. The third-order valence-electron chi connectivity index (χ3n) is 8.56. The predicted molar refractivity (Wildman–Crippen MR) is 143 cm³/mol. The van der Waals surface area contributed by atoms with Gasteiger partial charge in [-0.3, -0.25) is 0 Å². The monoisotopic (exact) mass is 446 g/mol. The van der Waals surface area contributed by atoms with Crippen molar-refractivity contribution in [1.29, 1.82) is 0 Å². The van der Waals surface area contributed by atoms with Crippen LogP contribution in [-0.4, -0.2) is 0 Å². The molecule has 0 spiro atoms. The molecule has 0 atom stereocenters. The highest BCUT2D eigenvalue weighted by atomic mass is 14.9. The van der Waals surface area contributed by atoms with Gasteiger partial charge in [0, 0.05) is 17.2 Å². The number of aryl methyl sites for hydroxylation is 2. The Balaban J connectivity index is 1.42. The number of nitrogens with zero attached hydrogens (tertiary/aromatic N) is 1. The van der Waals surface area contributed by atoms with Crippen LogP contribution in [-0.2, 0) is 7.05 Å². The van der Waals surface area contributed by atoms with Crippen molar-refractivity contribution in [2.24, 2.45) is 18.9 Å². The van der Waals surface area contributed by atoms with Crippen LogP contribution < -0.4 is 4.57 Å². The molecule has 1 heterocycles. The quantitative estimate of drug-likeness (QED) is 0.277. The fourth-order valence-corrected chi connectivity index (χ4v) is 6.63. The Morgan fingerprint density at radius 3 is 2.21 bits per heavy atom. The zero-order chi connectivity index (χ0) is 23.4. The van der Waals surface area contributed by atoms with E-state index in [9.17, 15) is 0 Å². The Kier molecular flexibility index (Phi) is 5.32. The standard InChI is InChI=1S/C33H36N/c1-21(2)32-20-34(4)33(30-8-6-5-7-22(30)3)19-31(32)28-12-11-25-17-27(10-9-26(25)18-28)29-15-23-13-24(14-23)16-29/h5-12,17-21,23-24,29H,13-16H2,1-4H3/q+1. The normalized spacial score (nSPS) is 21.6. The second-order valence-corrected chi connectivity index (χ2v) is 11.3. The summed E-state index contributed by atoms with van der Waals surface area (Å²) in [5.41, 5.74) is 9.51. The summed E-state index contributed by atoms with van der Waals surface area (Å²) < 4.78 is 2.29. The van der Waals surface area contributed by atoms with E-state index in [0.717, 1.165) is 17.8 Å². The number of aromatic nitrogens is 1. The molecule has 1 nitrogen and oxygen atoms in total. The first-order valence-electron chi connectivity index (χ1n) is 13.1. The van der Waals surface area contributed by atoms with Gasteiger partial charge in [0.05, 0.1) is 0 Å². The molecule has 0 saturated heterocycles. The van der Waals surface area contributed by atoms with Gasteiger partial charge in [-0.25, -0.2) is 4.57 Å². The van der Waals surface area contributed by atoms with Gasteiger partial charge in [-0.2, -0.15) is 0 Å². The molecular weight excluding hydrogens is 410 g/mol. The van der Waals surface area contributed by atoms with Crippen molar-refractivity contribution < 1.29 is 4.57 Å². The van der Waals surface area contributed by atoms with Crippen LogP contribution in [0.2, 0.25) is 0 Å². The maximum Gasteiger partial charge on any atom is 0.213 e. The Bertz CT molecular complexity index is 1360.